The van der Waals surface area contributed by atoms with Gasteiger partial charge in [-0.1, -0.05) is 17.7 Å². The van der Waals surface area contributed by atoms with Crippen molar-refractivity contribution in [3.8, 4) is 0 Å². The lowest BCUT2D eigenvalue weighted by atomic mass is 10.2. The predicted octanol–water partition coefficient (Wildman–Crippen LogP) is 3.07. The number of carbonyl (C=O) groups is 1. The van der Waals surface area contributed by atoms with E-state index in [-0.39, 0.29) is 15.5 Å². The highest BCUT2D eigenvalue weighted by atomic mass is 35.5. The first-order valence-corrected chi connectivity index (χ1v) is 8.91. The molecule has 0 heterocycles. The zero-order chi connectivity index (χ0) is 18.1. The SMILES string of the molecule is C=[N+](C)c1cccc(S(=O)(=O)N(P)C(=O)c2cc(F)ccc2Cl)c1. The standard InChI is InChI=1S/C15H14ClFN2O3PS/c1-18(2)11-4-3-5-12(9-11)24(21,22)19(23)15(20)13-8-10(17)6-7-14(13)16/h3-9H,1,23H2,2H3/q+1. The quantitative estimate of drug-likeness (QED) is 0.460. The zero-order valence-corrected chi connectivity index (χ0v) is 15.3. The molecule has 1 unspecified atom stereocenters. The van der Waals surface area contributed by atoms with E-state index >= 15 is 0 Å². The Morgan fingerprint density at radius 2 is 1.96 bits per heavy atom. The minimum absolute atomic E-state index is 0.0460. The second-order valence-electron chi connectivity index (χ2n) is 4.93. The van der Waals surface area contributed by atoms with E-state index in [1.165, 1.54) is 28.8 Å². The molecule has 0 saturated heterocycles. The summed E-state index contributed by atoms with van der Waals surface area (Å²) in [7, 11) is -0.677. The van der Waals surface area contributed by atoms with Crippen molar-refractivity contribution in [2.75, 3.05) is 7.05 Å². The predicted molar refractivity (Wildman–Crippen MR) is 93.9 cm³/mol. The molecule has 1 amide bonds. The third-order valence-electron chi connectivity index (χ3n) is 3.17. The second kappa shape index (κ2) is 6.97. The maximum Gasteiger partial charge on any atom is 0.272 e. The van der Waals surface area contributed by atoms with Crippen LogP contribution in [0.1, 0.15) is 10.4 Å². The van der Waals surface area contributed by atoms with Crippen LogP contribution in [-0.2, 0) is 10.0 Å². The summed E-state index contributed by atoms with van der Waals surface area (Å²) < 4.78 is 40.5. The van der Waals surface area contributed by atoms with Crippen molar-refractivity contribution in [2.24, 2.45) is 0 Å². The minimum atomic E-state index is -4.16. The number of carbonyl (C=O) groups excluding carboxylic acids is 1. The third kappa shape index (κ3) is 3.64. The van der Waals surface area contributed by atoms with E-state index in [1.807, 2.05) is 9.39 Å². The number of halogens is 2. The molecule has 0 fully saturated rings. The Labute approximate surface area is 146 Å². The van der Waals surface area contributed by atoms with E-state index in [9.17, 15) is 17.6 Å². The average Bonchev–Trinajstić information content (AvgIpc) is 2.55. The van der Waals surface area contributed by atoms with Gasteiger partial charge in [-0.05, 0) is 33.7 Å². The number of nitrogens with zero attached hydrogens (tertiary/aromatic N) is 2. The molecule has 0 spiro atoms. The van der Waals surface area contributed by atoms with Crippen LogP contribution in [0.25, 0.3) is 0 Å². The Bertz CT molecular complexity index is 934. The summed E-state index contributed by atoms with van der Waals surface area (Å²) in [5.74, 6) is -1.66. The molecular weight excluding hydrogens is 374 g/mol. The topological polar surface area (TPSA) is 57.5 Å². The molecule has 1 atom stereocenters. The lowest BCUT2D eigenvalue weighted by molar-refractivity contribution is -0.394. The molecule has 0 aliphatic carbocycles. The van der Waals surface area contributed by atoms with Crippen molar-refractivity contribution < 1.29 is 22.2 Å². The number of rotatable bonds is 4. The maximum atomic E-state index is 13.3. The van der Waals surface area contributed by atoms with E-state index in [0.29, 0.717) is 9.76 Å². The van der Waals surface area contributed by atoms with Crippen LogP contribution in [-0.4, -0.2) is 36.7 Å². The van der Waals surface area contributed by atoms with Crippen LogP contribution >= 0.6 is 21.0 Å². The maximum absolute atomic E-state index is 13.3. The molecule has 126 valence electrons. The van der Waals surface area contributed by atoms with Gasteiger partial charge in [-0.2, -0.15) is 0 Å². The van der Waals surface area contributed by atoms with Gasteiger partial charge in [0.15, 0.2) is 0 Å². The van der Waals surface area contributed by atoms with Gasteiger partial charge in [0.1, 0.15) is 19.6 Å². The van der Waals surface area contributed by atoms with Crippen molar-refractivity contribution in [2.45, 2.75) is 4.90 Å². The summed E-state index contributed by atoms with van der Waals surface area (Å²) in [5, 5.41) is -0.0460. The molecule has 0 aliphatic rings. The van der Waals surface area contributed by atoms with E-state index in [2.05, 4.69) is 6.72 Å². The molecule has 9 heteroatoms. The van der Waals surface area contributed by atoms with Crippen LogP contribution in [0, 0.1) is 5.82 Å². The van der Waals surface area contributed by atoms with Crippen LogP contribution < -0.4 is 0 Å². The summed E-state index contributed by atoms with van der Waals surface area (Å²) in [5.41, 5.74) is 0.298. The Morgan fingerprint density at radius 3 is 2.58 bits per heavy atom. The first-order chi connectivity index (χ1) is 11.1. The van der Waals surface area contributed by atoms with Gasteiger partial charge >= 0.3 is 0 Å². The van der Waals surface area contributed by atoms with Gasteiger partial charge in [-0.15, -0.1) is 0 Å². The molecule has 24 heavy (non-hydrogen) atoms. The lowest BCUT2D eigenvalue weighted by Crippen LogP contribution is -2.28. The van der Waals surface area contributed by atoms with Gasteiger partial charge in [0, 0.05) is 12.1 Å². The highest BCUT2D eigenvalue weighted by Crippen LogP contribution is 2.27. The van der Waals surface area contributed by atoms with Gasteiger partial charge in [-0.3, -0.25) is 4.79 Å². The van der Waals surface area contributed by atoms with Gasteiger partial charge < -0.3 is 0 Å². The molecule has 2 aromatic carbocycles. The molecule has 0 radical (unpaired) electrons. The molecular formula is C15H14ClFN2O3PS+. The Balaban J connectivity index is 2.45. The van der Waals surface area contributed by atoms with Crippen LogP contribution in [0.2, 0.25) is 5.02 Å². The first-order valence-electron chi connectivity index (χ1n) is 6.58. The number of hydrogen-bond donors (Lipinski definition) is 0. The smallest absolute Gasteiger partial charge is 0.268 e. The van der Waals surface area contributed by atoms with Gasteiger partial charge in [0.2, 0.25) is 5.69 Å². The van der Waals surface area contributed by atoms with Crippen molar-refractivity contribution >= 4 is 49.3 Å². The normalized spacial score (nSPS) is 11.2. The number of hydrogen-bond acceptors (Lipinski definition) is 3. The Morgan fingerprint density at radius 1 is 1.29 bits per heavy atom. The molecule has 2 aromatic rings. The van der Waals surface area contributed by atoms with Crippen molar-refractivity contribution in [3.05, 3.63) is 58.9 Å². The van der Waals surface area contributed by atoms with Crippen LogP contribution in [0.5, 0.6) is 0 Å². The lowest BCUT2D eigenvalue weighted by Gasteiger charge is -2.18. The van der Waals surface area contributed by atoms with Crippen molar-refractivity contribution in [3.63, 3.8) is 0 Å². The van der Waals surface area contributed by atoms with Gasteiger partial charge in [-0.25, -0.2) is 21.5 Å². The monoisotopic (exact) mass is 387 g/mol. The first kappa shape index (κ1) is 18.5. The van der Waals surface area contributed by atoms with E-state index in [4.69, 9.17) is 11.6 Å². The molecule has 0 N–H and O–H groups in total. The summed E-state index contributed by atoms with van der Waals surface area (Å²) in [6.07, 6.45) is 0. The number of sulfonamides is 1. The zero-order valence-electron chi connectivity index (χ0n) is 12.6. The fraction of sp³-hybridized carbons (Fsp3) is 0.0667. The molecule has 5 nitrogen and oxygen atoms in total. The summed E-state index contributed by atoms with van der Waals surface area (Å²) in [4.78, 5) is 12.3. The number of amides is 1. The Kier molecular flexibility index (Phi) is 5.38. The fourth-order valence-electron chi connectivity index (χ4n) is 1.88. The average molecular weight is 388 g/mol. The highest BCUT2D eigenvalue weighted by Gasteiger charge is 2.29. The van der Waals surface area contributed by atoms with Crippen LogP contribution in [0.4, 0.5) is 10.1 Å². The summed E-state index contributed by atoms with van der Waals surface area (Å²) in [6, 6.07) is 9.07. The van der Waals surface area contributed by atoms with E-state index in [1.54, 1.807) is 13.1 Å². The van der Waals surface area contributed by atoms with Crippen molar-refractivity contribution in [1.29, 1.82) is 0 Å². The van der Waals surface area contributed by atoms with Gasteiger partial charge in [0.05, 0.1) is 15.5 Å². The summed E-state index contributed by atoms with van der Waals surface area (Å²) >= 11 is 5.86. The molecule has 0 saturated carbocycles. The van der Waals surface area contributed by atoms with Gasteiger partial charge in [0.25, 0.3) is 15.9 Å². The van der Waals surface area contributed by atoms with E-state index < -0.39 is 21.7 Å². The summed E-state index contributed by atoms with van der Waals surface area (Å²) in [6.45, 7) is 3.67. The van der Waals surface area contributed by atoms with Crippen LogP contribution in [0.3, 0.4) is 0 Å². The Hall–Kier alpha value is -1.82. The molecule has 0 aromatic heterocycles. The van der Waals surface area contributed by atoms with Crippen molar-refractivity contribution in [1.82, 2.24) is 4.08 Å². The molecule has 2 rings (SSSR count). The third-order valence-corrected chi connectivity index (χ3v) is 6.10. The van der Waals surface area contributed by atoms with E-state index in [0.717, 1.165) is 12.1 Å². The second-order valence-corrected chi connectivity index (χ2v) is 8.04. The molecule has 0 bridgehead atoms. The number of benzene rings is 2. The van der Waals surface area contributed by atoms with Crippen LogP contribution in [0.15, 0.2) is 47.4 Å². The molecule has 0 aliphatic heterocycles. The fourth-order valence-corrected chi connectivity index (χ4v) is 3.65. The largest absolute Gasteiger partial charge is 0.272 e. The minimum Gasteiger partial charge on any atom is -0.268 e. The highest BCUT2D eigenvalue weighted by molar-refractivity contribution is 7.92.